The van der Waals surface area contributed by atoms with Gasteiger partial charge in [0, 0.05) is 49.8 Å². The normalized spacial score (nSPS) is 14.2. The van der Waals surface area contributed by atoms with Crippen molar-refractivity contribution < 1.29 is 14.3 Å². The first-order valence-corrected chi connectivity index (χ1v) is 13.2. The molecule has 1 aliphatic carbocycles. The highest BCUT2D eigenvalue weighted by atomic mass is 16.5. The maximum atomic E-state index is 13.7. The number of hydrogen-bond donors (Lipinski definition) is 1. The van der Waals surface area contributed by atoms with Crippen molar-refractivity contribution in [2.75, 3.05) is 33.4 Å². The Morgan fingerprint density at radius 1 is 0.972 bits per heavy atom. The average Bonchev–Trinajstić information content (AvgIpc) is 3.33. The lowest BCUT2D eigenvalue weighted by Crippen LogP contribution is -2.46. The second kappa shape index (κ2) is 12.7. The number of aromatic amines is 1. The van der Waals surface area contributed by atoms with E-state index in [1.165, 1.54) is 22.9 Å². The smallest absolute Gasteiger partial charge is 0.242 e. The summed E-state index contributed by atoms with van der Waals surface area (Å²) in [6.45, 7) is 4.14. The summed E-state index contributed by atoms with van der Waals surface area (Å²) < 4.78 is 5.27. The standard InChI is InChI=1S/C30H39N3O3/c1-23-12-14-24(15-13-23)21-32(17-16-26-20-31-28-11-7-6-10-27(26)28)29(34)22-33(18-19-36-2)30(35)25-8-4-3-5-9-25/h6-7,10-15,20,25,31H,3-5,8-9,16-19,21-22H2,1-2H3. The van der Waals surface area contributed by atoms with E-state index in [1.807, 2.05) is 23.2 Å². The van der Waals surface area contributed by atoms with Gasteiger partial charge in [-0.15, -0.1) is 0 Å². The summed E-state index contributed by atoms with van der Waals surface area (Å²) >= 11 is 0. The summed E-state index contributed by atoms with van der Waals surface area (Å²) in [7, 11) is 1.63. The summed E-state index contributed by atoms with van der Waals surface area (Å²) in [5.74, 6) is 0.114. The van der Waals surface area contributed by atoms with Gasteiger partial charge in [-0.1, -0.05) is 67.3 Å². The van der Waals surface area contributed by atoms with Crippen LogP contribution >= 0.6 is 0 Å². The number of aromatic nitrogens is 1. The average molecular weight is 490 g/mol. The lowest BCUT2D eigenvalue weighted by Gasteiger charge is -2.31. The van der Waals surface area contributed by atoms with Gasteiger partial charge in [0.2, 0.25) is 11.8 Å². The molecule has 1 heterocycles. The highest BCUT2D eigenvalue weighted by Gasteiger charge is 2.28. The zero-order valence-corrected chi connectivity index (χ0v) is 21.7. The molecule has 0 unspecified atom stereocenters. The van der Waals surface area contributed by atoms with Crippen LogP contribution in [0.1, 0.15) is 48.8 Å². The number of amides is 2. The minimum Gasteiger partial charge on any atom is -0.383 e. The first kappa shape index (κ1) is 26.0. The number of nitrogens with zero attached hydrogens (tertiary/aromatic N) is 2. The molecule has 1 aliphatic rings. The van der Waals surface area contributed by atoms with E-state index in [1.54, 1.807) is 12.0 Å². The molecule has 0 spiro atoms. The van der Waals surface area contributed by atoms with Crippen LogP contribution in [-0.4, -0.2) is 59.9 Å². The van der Waals surface area contributed by atoms with E-state index in [-0.39, 0.29) is 24.3 Å². The van der Waals surface area contributed by atoms with Crippen molar-refractivity contribution in [2.45, 2.75) is 52.0 Å². The number of para-hydroxylation sites is 1. The predicted octanol–water partition coefficient (Wildman–Crippen LogP) is 5.10. The Balaban J connectivity index is 1.50. The fraction of sp³-hybridized carbons (Fsp3) is 0.467. The molecule has 6 heteroatoms. The van der Waals surface area contributed by atoms with Crippen molar-refractivity contribution in [1.82, 2.24) is 14.8 Å². The number of aryl methyl sites for hydroxylation is 1. The number of hydrogen-bond acceptors (Lipinski definition) is 3. The number of benzene rings is 2. The number of fused-ring (bicyclic) bond motifs is 1. The van der Waals surface area contributed by atoms with Crippen LogP contribution in [0.4, 0.5) is 0 Å². The van der Waals surface area contributed by atoms with Gasteiger partial charge in [0.1, 0.15) is 0 Å². The van der Waals surface area contributed by atoms with Crippen molar-refractivity contribution in [3.05, 3.63) is 71.4 Å². The van der Waals surface area contributed by atoms with Gasteiger partial charge in [-0.25, -0.2) is 0 Å². The predicted molar refractivity (Wildman–Crippen MR) is 144 cm³/mol. The minimum absolute atomic E-state index is 0.0179. The van der Waals surface area contributed by atoms with Crippen LogP contribution in [-0.2, 0) is 27.3 Å². The van der Waals surface area contributed by atoms with Crippen molar-refractivity contribution >= 4 is 22.7 Å². The number of nitrogens with one attached hydrogen (secondary N) is 1. The Morgan fingerprint density at radius 3 is 2.47 bits per heavy atom. The zero-order chi connectivity index (χ0) is 25.3. The third-order valence-corrected chi connectivity index (χ3v) is 7.33. The summed E-state index contributed by atoms with van der Waals surface area (Å²) in [4.78, 5) is 34.0. The molecule has 1 fully saturated rings. The van der Waals surface area contributed by atoms with E-state index in [0.717, 1.165) is 43.2 Å². The molecule has 0 aliphatic heterocycles. The van der Waals surface area contributed by atoms with E-state index >= 15 is 0 Å². The molecule has 4 rings (SSSR count). The highest BCUT2D eigenvalue weighted by molar-refractivity contribution is 5.86. The summed E-state index contributed by atoms with van der Waals surface area (Å²) in [6.07, 6.45) is 8.00. The molecule has 1 aromatic heterocycles. The lowest BCUT2D eigenvalue weighted by molar-refractivity contribution is -0.144. The van der Waals surface area contributed by atoms with Crippen LogP contribution in [0.25, 0.3) is 10.9 Å². The topological polar surface area (TPSA) is 65.6 Å². The number of rotatable bonds is 11. The first-order chi connectivity index (χ1) is 17.5. The van der Waals surface area contributed by atoms with Crippen LogP contribution in [0.15, 0.2) is 54.7 Å². The molecule has 0 atom stereocenters. The van der Waals surface area contributed by atoms with E-state index in [9.17, 15) is 9.59 Å². The highest BCUT2D eigenvalue weighted by Crippen LogP contribution is 2.25. The number of H-pyrrole nitrogens is 1. The molecule has 2 amide bonds. The molecule has 1 saturated carbocycles. The fourth-order valence-electron chi connectivity index (χ4n) is 5.14. The van der Waals surface area contributed by atoms with Crippen molar-refractivity contribution in [2.24, 2.45) is 5.92 Å². The molecule has 2 aromatic carbocycles. The van der Waals surface area contributed by atoms with Crippen molar-refractivity contribution in [3.63, 3.8) is 0 Å². The Bertz CT molecular complexity index is 1130. The third kappa shape index (κ3) is 6.76. The molecule has 0 bridgehead atoms. The maximum absolute atomic E-state index is 13.7. The second-order valence-corrected chi connectivity index (χ2v) is 10.00. The number of methoxy groups -OCH3 is 1. The molecule has 192 valence electrons. The van der Waals surface area contributed by atoms with Gasteiger partial charge in [0.15, 0.2) is 0 Å². The van der Waals surface area contributed by atoms with Gasteiger partial charge < -0.3 is 19.5 Å². The van der Waals surface area contributed by atoms with E-state index in [2.05, 4.69) is 48.3 Å². The van der Waals surface area contributed by atoms with Crippen LogP contribution in [0, 0.1) is 12.8 Å². The van der Waals surface area contributed by atoms with E-state index < -0.39 is 0 Å². The van der Waals surface area contributed by atoms with Gasteiger partial charge in [-0.05, 0) is 43.4 Å². The summed E-state index contributed by atoms with van der Waals surface area (Å²) in [5.41, 5.74) is 4.59. The van der Waals surface area contributed by atoms with Crippen LogP contribution in [0.3, 0.4) is 0 Å². The monoisotopic (exact) mass is 489 g/mol. The molecule has 1 N–H and O–H groups in total. The molecular weight excluding hydrogens is 450 g/mol. The molecule has 36 heavy (non-hydrogen) atoms. The van der Waals surface area contributed by atoms with Gasteiger partial charge in [0.25, 0.3) is 0 Å². The Hall–Kier alpha value is -3.12. The third-order valence-electron chi connectivity index (χ3n) is 7.33. The molecule has 0 radical (unpaired) electrons. The first-order valence-electron chi connectivity index (χ1n) is 13.2. The molecule has 6 nitrogen and oxygen atoms in total. The van der Waals surface area contributed by atoms with Gasteiger partial charge >= 0.3 is 0 Å². The number of carbonyl (C=O) groups is 2. The van der Waals surface area contributed by atoms with Gasteiger partial charge in [-0.3, -0.25) is 9.59 Å². The molecule has 3 aromatic rings. The SMILES string of the molecule is COCCN(CC(=O)N(CCc1c[nH]c2ccccc12)Cc1ccc(C)cc1)C(=O)C1CCCCC1. The zero-order valence-electron chi connectivity index (χ0n) is 21.7. The van der Waals surface area contributed by atoms with Crippen LogP contribution < -0.4 is 0 Å². The largest absolute Gasteiger partial charge is 0.383 e. The molecular formula is C30H39N3O3. The van der Waals surface area contributed by atoms with Crippen molar-refractivity contribution in [1.29, 1.82) is 0 Å². The second-order valence-electron chi connectivity index (χ2n) is 10.00. The van der Waals surface area contributed by atoms with Crippen LogP contribution in [0.2, 0.25) is 0 Å². The quantitative estimate of drug-likeness (QED) is 0.407. The summed E-state index contributed by atoms with van der Waals surface area (Å²) in [6, 6.07) is 16.6. The van der Waals surface area contributed by atoms with E-state index in [0.29, 0.717) is 26.2 Å². The Labute approximate surface area is 214 Å². The fourth-order valence-corrected chi connectivity index (χ4v) is 5.14. The van der Waals surface area contributed by atoms with E-state index in [4.69, 9.17) is 4.74 Å². The number of ether oxygens (including phenoxy) is 1. The van der Waals surface area contributed by atoms with Gasteiger partial charge in [0.05, 0.1) is 13.2 Å². The van der Waals surface area contributed by atoms with Crippen LogP contribution in [0.5, 0.6) is 0 Å². The maximum Gasteiger partial charge on any atom is 0.242 e. The molecule has 0 saturated heterocycles. The van der Waals surface area contributed by atoms with Gasteiger partial charge in [-0.2, -0.15) is 0 Å². The number of carbonyl (C=O) groups excluding carboxylic acids is 2. The lowest BCUT2D eigenvalue weighted by atomic mass is 9.88. The van der Waals surface area contributed by atoms with Crippen molar-refractivity contribution in [3.8, 4) is 0 Å². The Morgan fingerprint density at radius 2 is 1.72 bits per heavy atom. The minimum atomic E-state index is -0.0179. The Kier molecular flexibility index (Phi) is 9.17. The summed E-state index contributed by atoms with van der Waals surface area (Å²) in [5, 5.41) is 1.19.